The average molecular weight is 241 g/mol. The summed E-state index contributed by atoms with van der Waals surface area (Å²) in [5.41, 5.74) is 2.54. The molecule has 0 spiro atoms. The molecule has 1 aromatic heterocycles. The van der Waals surface area contributed by atoms with E-state index in [0.29, 0.717) is 5.56 Å². The zero-order valence-corrected chi connectivity index (χ0v) is 10.1. The minimum absolute atomic E-state index is 0.667. The first kappa shape index (κ1) is 11.2. The predicted molar refractivity (Wildman–Crippen MR) is 69.0 cm³/mol. The second kappa shape index (κ2) is 4.77. The zero-order chi connectivity index (χ0) is 12.4. The number of hydrogen-bond donors (Lipinski definition) is 2. The summed E-state index contributed by atoms with van der Waals surface area (Å²) in [6, 6.07) is 7.69. The number of nitrogens with one attached hydrogen (secondary N) is 2. The van der Waals surface area contributed by atoms with Gasteiger partial charge in [-0.3, -0.25) is 4.90 Å². The maximum absolute atomic E-state index is 8.87. The number of imidazole rings is 1. The van der Waals surface area contributed by atoms with Crippen molar-refractivity contribution in [3.05, 3.63) is 29.6 Å². The SMILES string of the molecule is N#Cc1ccc2nc(CN3CCNCC3)[nH]c2c1. The Balaban J connectivity index is 1.82. The van der Waals surface area contributed by atoms with E-state index in [9.17, 15) is 0 Å². The third-order valence-electron chi connectivity index (χ3n) is 3.24. The van der Waals surface area contributed by atoms with E-state index in [1.807, 2.05) is 12.1 Å². The molecule has 0 saturated carbocycles. The van der Waals surface area contributed by atoms with Gasteiger partial charge in [0.25, 0.3) is 0 Å². The van der Waals surface area contributed by atoms with Crippen molar-refractivity contribution in [2.24, 2.45) is 0 Å². The van der Waals surface area contributed by atoms with Crippen molar-refractivity contribution in [2.75, 3.05) is 26.2 Å². The lowest BCUT2D eigenvalue weighted by molar-refractivity contribution is 0.229. The van der Waals surface area contributed by atoms with Gasteiger partial charge in [0.1, 0.15) is 5.82 Å². The van der Waals surface area contributed by atoms with Crippen molar-refractivity contribution in [2.45, 2.75) is 6.54 Å². The maximum Gasteiger partial charge on any atom is 0.121 e. The fraction of sp³-hybridized carbons (Fsp3) is 0.385. The molecule has 92 valence electrons. The number of aromatic amines is 1. The molecule has 0 amide bonds. The monoisotopic (exact) mass is 241 g/mol. The topological polar surface area (TPSA) is 67.7 Å². The molecule has 2 N–H and O–H groups in total. The molecule has 2 aromatic rings. The fourth-order valence-corrected chi connectivity index (χ4v) is 2.29. The molecule has 18 heavy (non-hydrogen) atoms. The van der Waals surface area contributed by atoms with Crippen LogP contribution in [0.5, 0.6) is 0 Å². The van der Waals surface area contributed by atoms with Crippen molar-refractivity contribution in [1.82, 2.24) is 20.2 Å². The second-order valence-corrected chi connectivity index (χ2v) is 4.55. The van der Waals surface area contributed by atoms with E-state index in [1.54, 1.807) is 6.07 Å². The van der Waals surface area contributed by atoms with Crippen LogP contribution in [-0.2, 0) is 6.54 Å². The van der Waals surface area contributed by atoms with Gasteiger partial charge in [0.15, 0.2) is 0 Å². The van der Waals surface area contributed by atoms with Crippen LogP contribution in [0.4, 0.5) is 0 Å². The molecular formula is C13H15N5. The molecule has 0 aliphatic carbocycles. The summed E-state index contributed by atoms with van der Waals surface area (Å²) in [7, 11) is 0. The van der Waals surface area contributed by atoms with E-state index in [-0.39, 0.29) is 0 Å². The minimum Gasteiger partial charge on any atom is -0.341 e. The molecule has 0 bridgehead atoms. The summed E-state index contributed by atoms with van der Waals surface area (Å²) in [6.07, 6.45) is 0. The van der Waals surface area contributed by atoms with Gasteiger partial charge in [-0.15, -0.1) is 0 Å². The number of rotatable bonds is 2. The van der Waals surface area contributed by atoms with Gasteiger partial charge < -0.3 is 10.3 Å². The van der Waals surface area contributed by atoms with Crippen LogP contribution in [0.3, 0.4) is 0 Å². The molecule has 5 heteroatoms. The lowest BCUT2D eigenvalue weighted by Crippen LogP contribution is -2.43. The van der Waals surface area contributed by atoms with Crippen LogP contribution < -0.4 is 5.32 Å². The number of hydrogen-bond acceptors (Lipinski definition) is 4. The van der Waals surface area contributed by atoms with Crippen molar-refractivity contribution in [3.8, 4) is 6.07 Å². The number of nitrogens with zero attached hydrogens (tertiary/aromatic N) is 3. The Kier molecular flexibility index (Phi) is 2.97. The van der Waals surface area contributed by atoms with Crippen LogP contribution in [0.1, 0.15) is 11.4 Å². The van der Waals surface area contributed by atoms with Crippen molar-refractivity contribution < 1.29 is 0 Å². The molecule has 1 aliphatic rings. The highest BCUT2D eigenvalue weighted by atomic mass is 15.2. The van der Waals surface area contributed by atoms with Crippen molar-refractivity contribution in [3.63, 3.8) is 0 Å². The molecular weight excluding hydrogens is 226 g/mol. The standard InChI is InChI=1S/C13H15N5/c14-8-10-1-2-11-12(7-10)17-13(16-11)9-18-5-3-15-4-6-18/h1-2,7,15H,3-6,9H2,(H,16,17). The highest BCUT2D eigenvalue weighted by Crippen LogP contribution is 2.14. The van der Waals surface area contributed by atoms with Crippen LogP contribution in [-0.4, -0.2) is 41.0 Å². The molecule has 1 saturated heterocycles. The number of nitriles is 1. The van der Waals surface area contributed by atoms with Crippen LogP contribution in [0.2, 0.25) is 0 Å². The van der Waals surface area contributed by atoms with Crippen LogP contribution >= 0.6 is 0 Å². The number of benzene rings is 1. The van der Waals surface area contributed by atoms with Gasteiger partial charge in [-0.2, -0.15) is 5.26 Å². The summed E-state index contributed by atoms with van der Waals surface area (Å²) < 4.78 is 0. The largest absolute Gasteiger partial charge is 0.341 e. The van der Waals surface area contributed by atoms with Crippen molar-refractivity contribution in [1.29, 1.82) is 5.26 Å². The summed E-state index contributed by atoms with van der Waals surface area (Å²) in [5.74, 6) is 0.974. The highest BCUT2D eigenvalue weighted by molar-refractivity contribution is 5.76. The van der Waals surface area contributed by atoms with Gasteiger partial charge in [-0.25, -0.2) is 4.98 Å². The molecule has 5 nitrogen and oxygen atoms in total. The van der Waals surface area contributed by atoms with E-state index >= 15 is 0 Å². The Labute approximate surface area is 105 Å². The fourth-order valence-electron chi connectivity index (χ4n) is 2.29. The highest BCUT2D eigenvalue weighted by Gasteiger charge is 2.12. The summed E-state index contributed by atoms with van der Waals surface area (Å²) in [4.78, 5) is 10.2. The Hall–Kier alpha value is -1.90. The lowest BCUT2D eigenvalue weighted by atomic mass is 10.2. The second-order valence-electron chi connectivity index (χ2n) is 4.55. The quantitative estimate of drug-likeness (QED) is 0.817. The zero-order valence-electron chi connectivity index (χ0n) is 10.1. The van der Waals surface area contributed by atoms with E-state index in [4.69, 9.17) is 5.26 Å². The number of aromatic nitrogens is 2. The van der Waals surface area contributed by atoms with Gasteiger partial charge in [0.2, 0.25) is 0 Å². The van der Waals surface area contributed by atoms with Gasteiger partial charge in [-0.05, 0) is 18.2 Å². The van der Waals surface area contributed by atoms with E-state index in [0.717, 1.165) is 49.6 Å². The Morgan fingerprint density at radius 2 is 2.17 bits per heavy atom. The van der Waals surface area contributed by atoms with E-state index < -0.39 is 0 Å². The van der Waals surface area contributed by atoms with Gasteiger partial charge in [-0.1, -0.05) is 0 Å². The first-order chi connectivity index (χ1) is 8.85. The Bertz CT molecular complexity index is 589. The number of fused-ring (bicyclic) bond motifs is 1. The Morgan fingerprint density at radius 1 is 1.33 bits per heavy atom. The molecule has 2 heterocycles. The maximum atomic E-state index is 8.87. The van der Waals surface area contributed by atoms with Gasteiger partial charge >= 0.3 is 0 Å². The normalized spacial score (nSPS) is 16.8. The first-order valence-corrected chi connectivity index (χ1v) is 6.17. The average Bonchev–Trinajstić information content (AvgIpc) is 2.80. The van der Waals surface area contributed by atoms with Crippen molar-refractivity contribution >= 4 is 11.0 Å². The molecule has 3 rings (SSSR count). The van der Waals surface area contributed by atoms with E-state index in [2.05, 4.69) is 26.3 Å². The summed E-state index contributed by atoms with van der Waals surface area (Å²) >= 11 is 0. The number of piperazine rings is 1. The van der Waals surface area contributed by atoms with Gasteiger partial charge in [0, 0.05) is 26.2 Å². The first-order valence-electron chi connectivity index (χ1n) is 6.17. The predicted octanol–water partition coefficient (Wildman–Crippen LogP) is 0.840. The van der Waals surface area contributed by atoms with Gasteiger partial charge in [0.05, 0.1) is 29.2 Å². The smallest absolute Gasteiger partial charge is 0.121 e. The molecule has 0 unspecified atom stereocenters. The molecule has 0 radical (unpaired) electrons. The minimum atomic E-state index is 0.667. The Morgan fingerprint density at radius 3 is 2.94 bits per heavy atom. The van der Waals surface area contributed by atoms with Crippen LogP contribution in [0.15, 0.2) is 18.2 Å². The molecule has 0 atom stereocenters. The summed E-state index contributed by atoms with van der Waals surface area (Å²) in [5, 5.41) is 12.2. The molecule has 1 aromatic carbocycles. The van der Waals surface area contributed by atoms with Crippen LogP contribution in [0.25, 0.3) is 11.0 Å². The van der Waals surface area contributed by atoms with Crippen LogP contribution in [0, 0.1) is 11.3 Å². The molecule has 1 fully saturated rings. The third kappa shape index (κ3) is 2.21. The van der Waals surface area contributed by atoms with E-state index in [1.165, 1.54) is 0 Å². The third-order valence-corrected chi connectivity index (χ3v) is 3.24. The summed E-state index contributed by atoms with van der Waals surface area (Å²) in [6.45, 7) is 5.04. The number of H-pyrrole nitrogens is 1. The molecule has 1 aliphatic heterocycles. The lowest BCUT2D eigenvalue weighted by Gasteiger charge is -2.26.